The van der Waals surface area contributed by atoms with Gasteiger partial charge in [-0.1, -0.05) is 24.3 Å². The molecule has 0 radical (unpaired) electrons. The van der Waals surface area contributed by atoms with Crippen LogP contribution in [0.3, 0.4) is 0 Å². The first kappa shape index (κ1) is 12.2. The molecule has 98 valence electrons. The van der Waals surface area contributed by atoms with Crippen LogP contribution in [0.4, 0.5) is 0 Å². The molecule has 2 fully saturated rings. The summed E-state index contributed by atoms with van der Waals surface area (Å²) in [4.78, 5) is 0. The summed E-state index contributed by atoms with van der Waals surface area (Å²) in [5.41, 5.74) is 2.93. The third-order valence-corrected chi connectivity index (χ3v) is 4.15. The monoisotopic (exact) mass is 245 g/mol. The van der Waals surface area contributed by atoms with Crippen LogP contribution >= 0.6 is 0 Å². The highest BCUT2D eigenvalue weighted by atomic mass is 16.5. The van der Waals surface area contributed by atoms with E-state index in [1.54, 1.807) is 0 Å². The SMILES string of the molecule is CC(NCc1cccc(C2CC2)c1)C1CCCO1. The summed E-state index contributed by atoms with van der Waals surface area (Å²) in [6, 6.07) is 9.51. The molecule has 3 rings (SSSR count). The van der Waals surface area contributed by atoms with Crippen molar-refractivity contribution in [1.29, 1.82) is 0 Å². The maximum Gasteiger partial charge on any atom is 0.0726 e. The standard InChI is InChI=1S/C16H23NO/c1-12(16-6-3-9-18-16)17-11-13-4-2-5-15(10-13)14-7-8-14/h2,4-5,10,12,14,16-17H,3,6-9,11H2,1H3. The van der Waals surface area contributed by atoms with Gasteiger partial charge in [-0.25, -0.2) is 0 Å². The predicted octanol–water partition coefficient (Wildman–Crippen LogP) is 3.22. The van der Waals surface area contributed by atoms with Crippen LogP contribution < -0.4 is 5.32 Å². The van der Waals surface area contributed by atoms with Crippen LogP contribution in [0, 0.1) is 0 Å². The number of rotatable bonds is 5. The molecule has 2 unspecified atom stereocenters. The van der Waals surface area contributed by atoms with E-state index in [1.165, 1.54) is 36.8 Å². The molecule has 0 amide bonds. The number of hydrogen-bond donors (Lipinski definition) is 1. The second kappa shape index (κ2) is 5.41. The molecule has 1 aromatic carbocycles. The van der Waals surface area contributed by atoms with Gasteiger partial charge in [0.25, 0.3) is 0 Å². The molecule has 18 heavy (non-hydrogen) atoms. The van der Waals surface area contributed by atoms with E-state index < -0.39 is 0 Å². The molecule has 2 heteroatoms. The zero-order chi connectivity index (χ0) is 12.4. The highest BCUT2D eigenvalue weighted by Crippen LogP contribution is 2.40. The quantitative estimate of drug-likeness (QED) is 0.860. The Morgan fingerprint density at radius 1 is 1.33 bits per heavy atom. The van der Waals surface area contributed by atoms with Crippen molar-refractivity contribution in [1.82, 2.24) is 5.32 Å². The average Bonchev–Trinajstić information content (AvgIpc) is 3.11. The van der Waals surface area contributed by atoms with E-state index in [1.807, 2.05) is 0 Å². The van der Waals surface area contributed by atoms with E-state index in [9.17, 15) is 0 Å². The molecule has 1 saturated heterocycles. The van der Waals surface area contributed by atoms with Crippen LogP contribution in [0.5, 0.6) is 0 Å². The lowest BCUT2D eigenvalue weighted by Gasteiger charge is -2.20. The van der Waals surface area contributed by atoms with Gasteiger partial charge in [-0.05, 0) is 49.7 Å². The van der Waals surface area contributed by atoms with Crippen molar-refractivity contribution in [2.75, 3.05) is 6.61 Å². The minimum atomic E-state index is 0.414. The van der Waals surface area contributed by atoms with Gasteiger partial charge in [0.05, 0.1) is 6.10 Å². The van der Waals surface area contributed by atoms with Crippen molar-refractivity contribution in [3.63, 3.8) is 0 Å². The Morgan fingerprint density at radius 2 is 2.22 bits per heavy atom. The molecule has 0 spiro atoms. The lowest BCUT2D eigenvalue weighted by molar-refractivity contribution is 0.0832. The first-order valence-electron chi connectivity index (χ1n) is 7.27. The van der Waals surface area contributed by atoms with Gasteiger partial charge in [0, 0.05) is 19.2 Å². The first-order chi connectivity index (χ1) is 8.83. The molecule has 1 aromatic rings. The molecule has 2 nitrogen and oxygen atoms in total. The minimum Gasteiger partial charge on any atom is -0.377 e. The Morgan fingerprint density at radius 3 is 2.94 bits per heavy atom. The van der Waals surface area contributed by atoms with E-state index in [0.717, 1.165) is 19.1 Å². The van der Waals surface area contributed by atoms with Gasteiger partial charge < -0.3 is 10.1 Å². The zero-order valence-corrected chi connectivity index (χ0v) is 11.2. The molecule has 2 atom stereocenters. The predicted molar refractivity (Wildman–Crippen MR) is 73.7 cm³/mol. The molecule has 1 saturated carbocycles. The summed E-state index contributed by atoms with van der Waals surface area (Å²) in [5, 5.41) is 3.60. The molecule has 1 aliphatic carbocycles. The summed E-state index contributed by atoms with van der Waals surface area (Å²) in [5.74, 6) is 0.848. The molecule has 2 aliphatic rings. The number of hydrogen-bond acceptors (Lipinski definition) is 2. The molecule has 0 bridgehead atoms. The Bertz CT molecular complexity index is 394. The first-order valence-corrected chi connectivity index (χ1v) is 7.27. The van der Waals surface area contributed by atoms with Gasteiger partial charge in [-0.2, -0.15) is 0 Å². The topological polar surface area (TPSA) is 21.3 Å². The van der Waals surface area contributed by atoms with Crippen molar-refractivity contribution in [3.8, 4) is 0 Å². The van der Waals surface area contributed by atoms with Crippen molar-refractivity contribution in [3.05, 3.63) is 35.4 Å². The van der Waals surface area contributed by atoms with Crippen molar-refractivity contribution in [2.45, 2.75) is 57.2 Å². The second-order valence-corrected chi connectivity index (χ2v) is 5.74. The van der Waals surface area contributed by atoms with Gasteiger partial charge >= 0.3 is 0 Å². The molecular weight excluding hydrogens is 222 g/mol. The van der Waals surface area contributed by atoms with Gasteiger partial charge in [-0.15, -0.1) is 0 Å². The third kappa shape index (κ3) is 2.93. The van der Waals surface area contributed by atoms with Gasteiger partial charge in [0.2, 0.25) is 0 Å². The zero-order valence-electron chi connectivity index (χ0n) is 11.2. The second-order valence-electron chi connectivity index (χ2n) is 5.74. The van der Waals surface area contributed by atoms with E-state index in [-0.39, 0.29) is 0 Å². The van der Waals surface area contributed by atoms with Crippen molar-refractivity contribution in [2.24, 2.45) is 0 Å². The molecule has 0 aromatic heterocycles. The maximum atomic E-state index is 5.71. The fourth-order valence-electron chi connectivity index (χ4n) is 2.78. The smallest absolute Gasteiger partial charge is 0.0726 e. The summed E-state index contributed by atoms with van der Waals surface area (Å²) < 4.78 is 5.71. The van der Waals surface area contributed by atoms with Crippen LogP contribution in [0.1, 0.15) is 49.7 Å². The Kier molecular flexibility index (Phi) is 3.67. The Labute approximate surface area is 110 Å². The van der Waals surface area contributed by atoms with Crippen LogP contribution in [-0.2, 0) is 11.3 Å². The summed E-state index contributed by atoms with van der Waals surface area (Å²) in [6.45, 7) is 4.14. The highest BCUT2D eigenvalue weighted by molar-refractivity contribution is 5.29. The number of ether oxygens (including phenoxy) is 1. The van der Waals surface area contributed by atoms with Crippen LogP contribution in [0.2, 0.25) is 0 Å². The van der Waals surface area contributed by atoms with E-state index in [2.05, 4.69) is 36.5 Å². The van der Waals surface area contributed by atoms with Gasteiger partial charge in [0.15, 0.2) is 0 Å². The lowest BCUT2D eigenvalue weighted by Crippen LogP contribution is -2.36. The molecule has 1 heterocycles. The molecular formula is C16H23NO. The molecule has 1 N–H and O–H groups in total. The Hall–Kier alpha value is -0.860. The normalized spacial score (nSPS) is 25.3. The summed E-state index contributed by atoms with van der Waals surface area (Å²) >= 11 is 0. The van der Waals surface area contributed by atoms with Crippen LogP contribution in [0.25, 0.3) is 0 Å². The van der Waals surface area contributed by atoms with E-state index in [4.69, 9.17) is 4.74 Å². The van der Waals surface area contributed by atoms with Gasteiger partial charge in [0.1, 0.15) is 0 Å². The third-order valence-electron chi connectivity index (χ3n) is 4.15. The summed E-state index contributed by atoms with van der Waals surface area (Å²) in [7, 11) is 0. The van der Waals surface area contributed by atoms with Gasteiger partial charge in [-0.3, -0.25) is 0 Å². The Balaban J connectivity index is 1.53. The highest BCUT2D eigenvalue weighted by Gasteiger charge is 2.24. The minimum absolute atomic E-state index is 0.414. The fourth-order valence-corrected chi connectivity index (χ4v) is 2.78. The molecule has 1 aliphatic heterocycles. The van der Waals surface area contributed by atoms with Crippen molar-refractivity contribution >= 4 is 0 Å². The number of nitrogens with one attached hydrogen (secondary N) is 1. The fraction of sp³-hybridized carbons (Fsp3) is 0.625. The largest absolute Gasteiger partial charge is 0.377 e. The van der Waals surface area contributed by atoms with Crippen LogP contribution in [0.15, 0.2) is 24.3 Å². The van der Waals surface area contributed by atoms with Crippen molar-refractivity contribution < 1.29 is 4.74 Å². The van der Waals surface area contributed by atoms with E-state index >= 15 is 0 Å². The summed E-state index contributed by atoms with van der Waals surface area (Å²) in [6.07, 6.45) is 5.59. The lowest BCUT2D eigenvalue weighted by atomic mass is 10.1. The van der Waals surface area contributed by atoms with E-state index in [0.29, 0.717) is 12.1 Å². The average molecular weight is 245 g/mol. The number of benzene rings is 1. The maximum absolute atomic E-state index is 5.71. The van der Waals surface area contributed by atoms with Crippen LogP contribution in [-0.4, -0.2) is 18.8 Å².